The molecule has 5 aromatic rings. The Labute approximate surface area is 229 Å². The maximum absolute atomic E-state index is 14.1. The van der Waals surface area contributed by atoms with Crippen LogP contribution in [-0.2, 0) is 13.1 Å². The van der Waals surface area contributed by atoms with Gasteiger partial charge in [0.25, 0.3) is 5.91 Å². The molecular formula is C33H31N5O. The Balaban J connectivity index is 1.34. The zero-order chi connectivity index (χ0) is 26.6. The second-order valence-electron chi connectivity index (χ2n) is 9.90. The van der Waals surface area contributed by atoms with E-state index in [1.807, 2.05) is 59.6 Å². The van der Waals surface area contributed by atoms with Crippen molar-refractivity contribution in [3.05, 3.63) is 132 Å². The Morgan fingerprint density at radius 3 is 2.44 bits per heavy atom. The van der Waals surface area contributed by atoms with Crippen molar-refractivity contribution in [1.82, 2.24) is 14.9 Å². The lowest BCUT2D eigenvalue weighted by Gasteiger charge is -2.24. The topological polar surface area (TPSA) is 64.3 Å². The number of benzene rings is 4. The molecule has 1 aliphatic heterocycles. The fourth-order valence-corrected chi connectivity index (χ4v) is 5.20. The van der Waals surface area contributed by atoms with Crippen LogP contribution in [-0.4, -0.2) is 33.9 Å². The molecule has 0 radical (unpaired) electrons. The molecule has 0 saturated carbocycles. The number of nitrogens with one attached hydrogen (secondary N) is 2. The first-order valence-corrected chi connectivity index (χ1v) is 13.3. The Kier molecular flexibility index (Phi) is 6.83. The van der Waals surface area contributed by atoms with Crippen LogP contribution < -0.4 is 10.2 Å². The minimum Gasteiger partial charge on any atom is -0.364 e. The second-order valence-corrected chi connectivity index (χ2v) is 9.90. The average molecular weight is 514 g/mol. The van der Waals surface area contributed by atoms with Gasteiger partial charge in [-0.1, -0.05) is 66.7 Å². The molecule has 39 heavy (non-hydrogen) atoms. The first-order chi connectivity index (χ1) is 19.2. The third-order valence-electron chi connectivity index (χ3n) is 7.30. The van der Waals surface area contributed by atoms with E-state index in [4.69, 9.17) is 0 Å². The summed E-state index contributed by atoms with van der Waals surface area (Å²) in [5.41, 5.74) is 9.15. The molecule has 194 valence electrons. The third-order valence-corrected chi connectivity index (χ3v) is 7.30. The van der Waals surface area contributed by atoms with Crippen LogP contribution in [0.2, 0.25) is 0 Å². The molecule has 0 saturated heterocycles. The zero-order valence-corrected chi connectivity index (χ0v) is 22.0. The fourth-order valence-electron chi connectivity index (χ4n) is 5.20. The number of anilines is 3. The van der Waals surface area contributed by atoms with Gasteiger partial charge in [-0.2, -0.15) is 0 Å². The first kappa shape index (κ1) is 24.5. The molecule has 2 heterocycles. The van der Waals surface area contributed by atoms with Gasteiger partial charge in [0.2, 0.25) is 0 Å². The lowest BCUT2D eigenvalue weighted by atomic mass is 10.0. The molecule has 6 nitrogen and oxygen atoms in total. The highest BCUT2D eigenvalue weighted by Gasteiger charge is 2.26. The van der Waals surface area contributed by atoms with Gasteiger partial charge in [0.1, 0.15) is 0 Å². The highest BCUT2D eigenvalue weighted by Crippen LogP contribution is 2.33. The van der Waals surface area contributed by atoms with Crippen LogP contribution in [0.3, 0.4) is 0 Å². The minimum atomic E-state index is 0.0179. The second kappa shape index (κ2) is 10.9. The van der Waals surface area contributed by atoms with Crippen molar-refractivity contribution in [3.63, 3.8) is 0 Å². The number of hydrogen-bond acceptors (Lipinski definition) is 4. The number of carbonyl (C=O) groups is 1. The Hall–Kier alpha value is -4.84. The van der Waals surface area contributed by atoms with Crippen LogP contribution in [0.4, 0.5) is 17.1 Å². The molecule has 1 amide bonds. The van der Waals surface area contributed by atoms with Gasteiger partial charge < -0.3 is 20.1 Å². The van der Waals surface area contributed by atoms with Crippen molar-refractivity contribution in [2.45, 2.75) is 20.0 Å². The number of hydrogen-bond donors (Lipinski definition) is 2. The normalized spacial score (nSPS) is 13.1. The number of rotatable bonds is 6. The van der Waals surface area contributed by atoms with Gasteiger partial charge >= 0.3 is 0 Å². The molecule has 0 spiro atoms. The molecule has 1 aromatic heterocycles. The van der Waals surface area contributed by atoms with E-state index in [0.717, 1.165) is 45.0 Å². The van der Waals surface area contributed by atoms with Gasteiger partial charge in [0, 0.05) is 37.2 Å². The third kappa shape index (κ3) is 5.27. The smallest absolute Gasteiger partial charge is 0.256 e. The highest BCUT2D eigenvalue weighted by atomic mass is 16.2. The molecular weight excluding hydrogens is 482 g/mol. The van der Waals surface area contributed by atoms with Gasteiger partial charge in [-0.25, -0.2) is 4.98 Å². The summed E-state index contributed by atoms with van der Waals surface area (Å²) >= 11 is 0. The van der Waals surface area contributed by atoms with Crippen LogP contribution in [0.1, 0.15) is 27.2 Å². The number of carbonyl (C=O) groups excluding carboxylic acids is 1. The van der Waals surface area contributed by atoms with E-state index in [9.17, 15) is 4.79 Å². The van der Waals surface area contributed by atoms with Crippen LogP contribution in [0, 0.1) is 6.92 Å². The van der Waals surface area contributed by atoms with Crippen LogP contribution in [0.25, 0.3) is 11.1 Å². The predicted octanol–water partition coefficient (Wildman–Crippen LogP) is 6.79. The molecule has 6 rings (SSSR count). The maximum Gasteiger partial charge on any atom is 0.256 e. The maximum atomic E-state index is 14.1. The number of fused-ring (bicyclic) bond motifs is 1. The van der Waals surface area contributed by atoms with Crippen LogP contribution in [0.5, 0.6) is 0 Å². The summed E-state index contributed by atoms with van der Waals surface area (Å²) in [5, 5.41) is 3.50. The van der Waals surface area contributed by atoms with Gasteiger partial charge in [-0.05, 0) is 59.5 Å². The first-order valence-electron chi connectivity index (χ1n) is 13.3. The largest absolute Gasteiger partial charge is 0.364 e. The van der Waals surface area contributed by atoms with Crippen molar-refractivity contribution in [2.75, 3.05) is 23.3 Å². The molecule has 1 aliphatic rings. The molecule has 4 aromatic carbocycles. The number of nitrogens with zero attached hydrogens (tertiary/aromatic N) is 3. The molecule has 0 bridgehead atoms. The van der Waals surface area contributed by atoms with Crippen molar-refractivity contribution in [1.29, 1.82) is 0 Å². The zero-order valence-electron chi connectivity index (χ0n) is 22.0. The van der Waals surface area contributed by atoms with Crippen LogP contribution in [0.15, 0.2) is 110 Å². The lowest BCUT2D eigenvalue weighted by molar-refractivity contribution is 0.0752. The molecule has 2 N–H and O–H groups in total. The van der Waals surface area contributed by atoms with E-state index < -0.39 is 0 Å². The van der Waals surface area contributed by atoms with Gasteiger partial charge in [0.15, 0.2) is 0 Å². The number of H-pyrrole nitrogens is 1. The highest BCUT2D eigenvalue weighted by molar-refractivity contribution is 6.00. The van der Waals surface area contributed by atoms with Gasteiger partial charge in [-0.15, -0.1) is 0 Å². The minimum absolute atomic E-state index is 0.0179. The van der Waals surface area contributed by atoms with E-state index in [-0.39, 0.29) is 5.91 Å². The monoisotopic (exact) mass is 513 g/mol. The van der Waals surface area contributed by atoms with E-state index in [0.29, 0.717) is 31.7 Å². The van der Waals surface area contributed by atoms with E-state index in [2.05, 4.69) is 75.6 Å². The molecule has 6 heteroatoms. The number of amides is 1. The quantitative estimate of drug-likeness (QED) is 0.262. The van der Waals surface area contributed by atoms with Crippen molar-refractivity contribution in [2.24, 2.45) is 0 Å². The summed E-state index contributed by atoms with van der Waals surface area (Å²) in [6.07, 6.45) is 3.64. The Morgan fingerprint density at radius 1 is 0.872 bits per heavy atom. The van der Waals surface area contributed by atoms with Gasteiger partial charge in [0.05, 0.1) is 29.8 Å². The van der Waals surface area contributed by atoms with E-state index in [1.165, 1.54) is 0 Å². The standard InChI is InChI=1S/C33H31N5O/c1-24-9-5-7-13-30(24)36-31-14-8-6-12-29(31)33(39)38-18-17-37(22-28-20-34-23-35-28)32-16-15-26(19-27(32)21-38)25-10-3-2-4-11-25/h2-16,19-20,23,36H,17-18,21-22H2,1H3,(H,34,35). The number of aryl methyl sites for hydroxylation is 1. The summed E-state index contributed by atoms with van der Waals surface area (Å²) in [6.45, 7) is 4.59. The summed E-state index contributed by atoms with van der Waals surface area (Å²) in [6, 6.07) is 32.9. The molecule has 0 atom stereocenters. The SMILES string of the molecule is Cc1ccccc1Nc1ccccc1C(=O)N1CCN(Cc2c[nH]cn2)c2ccc(-c3ccccc3)cc2C1. The number of aromatic nitrogens is 2. The molecule has 0 fully saturated rings. The predicted molar refractivity (Wildman–Crippen MR) is 157 cm³/mol. The fraction of sp³-hybridized carbons (Fsp3) is 0.152. The number of aromatic amines is 1. The summed E-state index contributed by atoms with van der Waals surface area (Å²) in [5.74, 6) is 0.0179. The average Bonchev–Trinajstić information content (AvgIpc) is 3.42. The lowest BCUT2D eigenvalue weighted by Crippen LogP contribution is -2.35. The molecule has 0 unspecified atom stereocenters. The van der Waals surface area contributed by atoms with Crippen molar-refractivity contribution in [3.8, 4) is 11.1 Å². The number of imidazole rings is 1. The molecule has 0 aliphatic carbocycles. The Morgan fingerprint density at radius 2 is 1.64 bits per heavy atom. The van der Waals surface area contributed by atoms with Crippen LogP contribution >= 0.6 is 0 Å². The number of para-hydroxylation sites is 2. The van der Waals surface area contributed by atoms with E-state index in [1.54, 1.807) is 6.33 Å². The van der Waals surface area contributed by atoms with Gasteiger partial charge in [-0.3, -0.25) is 4.79 Å². The summed E-state index contributed by atoms with van der Waals surface area (Å²) < 4.78 is 0. The summed E-state index contributed by atoms with van der Waals surface area (Å²) in [7, 11) is 0. The van der Waals surface area contributed by atoms with E-state index >= 15 is 0 Å². The summed E-state index contributed by atoms with van der Waals surface area (Å²) in [4.78, 5) is 25.9. The van der Waals surface area contributed by atoms with Crippen molar-refractivity contribution < 1.29 is 4.79 Å². The Bertz CT molecular complexity index is 1580. The van der Waals surface area contributed by atoms with Crippen molar-refractivity contribution >= 4 is 23.0 Å².